The maximum Gasteiger partial charge on any atom is 0.153 e. The van der Waals surface area contributed by atoms with Gasteiger partial charge in [-0.25, -0.2) is 16.4 Å². The molecule has 0 saturated carbocycles. The van der Waals surface area contributed by atoms with Gasteiger partial charge in [0, 0.05) is 22.2 Å². The Hall–Kier alpha value is -2.49. The fraction of sp³-hybridized carbons (Fsp3) is 0. The summed E-state index contributed by atoms with van der Waals surface area (Å²) in [6, 6.07) is 7.26. The number of nitrogens with two attached hydrogens (primary N) is 5. The molecule has 11 N–H and O–H groups in total. The maximum absolute atomic E-state index is 5.95. The minimum Gasteiger partial charge on any atom is -0.396 e. The number of nitrogens with one attached hydrogen (secondary N) is 1. The van der Waals surface area contributed by atoms with E-state index in [0.29, 0.717) is 11.3 Å². The average molecular weight is 304 g/mol. The summed E-state index contributed by atoms with van der Waals surface area (Å²) >= 11 is 1.06. The molecule has 0 saturated heterocycles. The predicted octanol–water partition coefficient (Wildman–Crippen LogP) is -0.0376. The van der Waals surface area contributed by atoms with Crippen molar-refractivity contribution in [3.05, 3.63) is 36.0 Å². The van der Waals surface area contributed by atoms with Crippen LogP contribution in [0.5, 0.6) is 0 Å². The lowest BCUT2D eigenvalue weighted by Crippen LogP contribution is -2.24. The average Bonchev–Trinajstić information content (AvgIpc) is 2.49. The van der Waals surface area contributed by atoms with E-state index in [2.05, 4.69) is 15.6 Å². The second-order valence-corrected chi connectivity index (χ2v) is 4.80. The van der Waals surface area contributed by atoms with Crippen molar-refractivity contribution in [1.82, 2.24) is 10.5 Å². The Morgan fingerprint density at radius 3 is 2.67 bits per heavy atom. The standard InChI is InChI=1S/C12H16N8S/c13-8-4-6(5-18-11(8)14)7-2-1-3-9(21-17)10(7)12(15)19-20-16/h1-5,20H,13,16-17H2,(H2,14,18)(H2,15,19). The molecule has 2 aromatic rings. The van der Waals surface area contributed by atoms with Gasteiger partial charge in [-0.05, 0) is 29.6 Å². The lowest BCUT2D eigenvalue weighted by atomic mass is 10.00. The van der Waals surface area contributed by atoms with Gasteiger partial charge >= 0.3 is 0 Å². The van der Waals surface area contributed by atoms with Crippen molar-refractivity contribution >= 4 is 29.3 Å². The minimum absolute atomic E-state index is 0.205. The molecule has 2 rings (SSSR count). The van der Waals surface area contributed by atoms with E-state index in [4.69, 9.17) is 28.2 Å². The van der Waals surface area contributed by atoms with E-state index in [0.717, 1.165) is 28.0 Å². The fourth-order valence-electron chi connectivity index (χ4n) is 1.90. The fourth-order valence-corrected chi connectivity index (χ4v) is 2.39. The SMILES string of the molecule is NN/N=C(\N)c1c(SN)cccc1-c1cnc(N)c(N)c1. The number of hydrogen-bond acceptors (Lipinski definition) is 8. The van der Waals surface area contributed by atoms with Gasteiger partial charge in [0.15, 0.2) is 5.84 Å². The highest BCUT2D eigenvalue weighted by Crippen LogP contribution is 2.31. The molecule has 1 heterocycles. The van der Waals surface area contributed by atoms with Crippen molar-refractivity contribution in [3.8, 4) is 11.1 Å². The van der Waals surface area contributed by atoms with E-state index < -0.39 is 0 Å². The van der Waals surface area contributed by atoms with E-state index in [1.165, 1.54) is 0 Å². The van der Waals surface area contributed by atoms with Crippen molar-refractivity contribution in [2.45, 2.75) is 4.90 Å². The molecule has 9 heteroatoms. The highest BCUT2D eigenvalue weighted by Gasteiger charge is 2.15. The molecule has 0 spiro atoms. The van der Waals surface area contributed by atoms with E-state index in [1.54, 1.807) is 12.3 Å². The van der Waals surface area contributed by atoms with E-state index in [-0.39, 0.29) is 11.7 Å². The molecular formula is C12H16N8S. The highest BCUT2D eigenvalue weighted by molar-refractivity contribution is 7.97. The molecule has 0 radical (unpaired) electrons. The third-order valence-electron chi connectivity index (χ3n) is 2.85. The van der Waals surface area contributed by atoms with E-state index in [1.807, 2.05) is 18.2 Å². The van der Waals surface area contributed by atoms with Crippen molar-refractivity contribution in [2.24, 2.45) is 21.8 Å². The van der Waals surface area contributed by atoms with Gasteiger partial charge in [0.25, 0.3) is 0 Å². The predicted molar refractivity (Wildman–Crippen MR) is 86.6 cm³/mol. The van der Waals surface area contributed by atoms with Crippen LogP contribution in [0.25, 0.3) is 11.1 Å². The zero-order valence-corrected chi connectivity index (χ0v) is 11.9. The van der Waals surface area contributed by atoms with E-state index in [9.17, 15) is 0 Å². The molecule has 21 heavy (non-hydrogen) atoms. The van der Waals surface area contributed by atoms with Crippen LogP contribution in [0.15, 0.2) is 40.5 Å². The van der Waals surface area contributed by atoms with Crippen LogP contribution in [0.2, 0.25) is 0 Å². The molecule has 0 aliphatic heterocycles. The van der Waals surface area contributed by atoms with Crippen LogP contribution in [0.1, 0.15) is 5.56 Å². The Kier molecular flexibility index (Phi) is 4.48. The number of anilines is 2. The monoisotopic (exact) mass is 304 g/mol. The number of aromatic nitrogens is 1. The third kappa shape index (κ3) is 2.99. The third-order valence-corrected chi connectivity index (χ3v) is 3.45. The first-order valence-corrected chi connectivity index (χ1v) is 6.76. The molecule has 0 unspecified atom stereocenters. The number of amidine groups is 1. The lowest BCUT2D eigenvalue weighted by Gasteiger charge is -2.13. The molecule has 0 amide bonds. The second-order valence-electron chi connectivity index (χ2n) is 4.12. The van der Waals surface area contributed by atoms with Gasteiger partial charge in [0.1, 0.15) is 5.82 Å². The van der Waals surface area contributed by atoms with Crippen molar-refractivity contribution < 1.29 is 0 Å². The second kappa shape index (κ2) is 6.31. The summed E-state index contributed by atoms with van der Waals surface area (Å²) < 4.78 is 0. The molecule has 110 valence electrons. The highest BCUT2D eigenvalue weighted by atomic mass is 32.2. The summed E-state index contributed by atoms with van der Waals surface area (Å²) in [6.45, 7) is 0. The Bertz CT molecular complexity index is 685. The van der Waals surface area contributed by atoms with Gasteiger partial charge in [-0.2, -0.15) is 0 Å². The molecule has 0 aliphatic carbocycles. The number of hydrazine groups is 1. The first-order valence-electron chi connectivity index (χ1n) is 5.88. The summed E-state index contributed by atoms with van der Waals surface area (Å²) in [7, 11) is 0. The van der Waals surface area contributed by atoms with Gasteiger partial charge in [0.2, 0.25) is 0 Å². The van der Waals surface area contributed by atoms with Gasteiger partial charge in [-0.3, -0.25) is 5.14 Å². The summed E-state index contributed by atoms with van der Waals surface area (Å²) in [4.78, 5) is 4.80. The Morgan fingerprint density at radius 2 is 2.05 bits per heavy atom. The molecule has 0 atom stereocenters. The summed E-state index contributed by atoms with van der Waals surface area (Å²) in [5.41, 5.74) is 22.1. The molecule has 0 fully saturated rings. The Morgan fingerprint density at radius 1 is 1.29 bits per heavy atom. The first kappa shape index (κ1) is 14.9. The summed E-state index contributed by atoms with van der Waals surface area (Å²) in [5.74, 6) is 5.66. The zero-order valence-electron chi connectivity index (χ0n) is 11.1. The van der Waals surface area contributed by atoms with Gasteiger partial charge in [0.05, 0.1) is 5.69 Å². The molecule has 1 aromatic carbocycles. The van der Waals surface area contributed by atoms with Crippen LogP contribution in [0.4, 0.5) is 11.5 Å². The van der Waals surface area contributed by atoms with Gasteiger partial charge < -0.3 is 17.2 Å². The molecule has 8 nitrogen and oxygen atoms in total. The first-order chi connectivity index (χ1) is 10.1. The molecular weight excluding hydrogens is 288 g/mol. The Labute approximate surface area is 125 Å². The number of hydrazone groups is 1. The summed E-state index contributed by atoms with van der Waals surface area (Å²) in [5, 5.41) is 9.49. The van der Waals surface area contributed by atoms with Crippen molar-refractivity contribution in [2.75, 3.05) is 11.5 Å². The minimum atomic E-state index is 0.205. The van der Waals surface area contributed by atoms with Crippen LogP contribution in [-0.2, 0) is 0 Å². The van der Waals surface area contributed by atoms with Crippen LogP contribution in [-0.4, -0.2) is 10.8 Å². The number of nitrogens with zero attached hydrogens (tertiary/aromatic N) is 2. The topological polar surface area (TPSA) is 167 Å². The van der Waals surface area contributed by atoms with Crippen molar-refractivity contribution in [1.29, 1.82) is 0 Å². The summed E-state index contributed by atoms with van der Waals surface area (Å²) in [6.07, 6.45) is 1.61. The number of hydrogen-bond donors (Lipinski definition) is 6. The number of benzene rings is 1. The number of pyridine rings is 1. The molecule has 0 aliphatic rings. The van der Waals surface area contributed by atoms with Crippen LogP contribution in [0.3, 0.4) is 0 Å². The lowest BCUT2D eigenvalue weighted by molar-refractivity contribution is 0.803. The Balaban J connectivity index is 2.68. The van der Waals surface area contributed by atoms with Gasteiger partial charge in [-0.1, -0.05) is 12.1 Å². The number of nitrogen functional groups attached to an aromatic ring is 2. The normalized spacial score (nSPS) is 11.4. The van der Waals surface area contributed by atoms with Crippen LogP contribution < -0.4 is 33.7 Å². The zero-order chi connectivity index (χ0) is 15.4. The largest absolute Gasteiger partial charge is 0.396 e. The quantitative estimate of drug-likeness (QED) is 0.150. The van der Waals surface area contributed by atoms with E-state index >= 15 is 0 Å². The van der Waals surface area contributed by atoms with Gasteiger partial charge in [-0.15, -0.1) is 5.10 Å². The smallest absolute Gasteiger partial charge is 0.153 e. The number of rotatable bonds is 4. The maximum atomic E-state index is 5.95. The van der Waals surface area contributed by atoms with Crippen LogP contribution >= 0.6 is 11.9 Å². The molecule has 0 bridgehead atoms. The molecule has 1 aromatic heterocycles. The van der Waals surface area contributed by atoms with Crippen molar-refractivity contribution in [3.63, 3.8) is 0 Å². The van der Waals surface area contributed by atoms with Crippen LogP contribution in [0, 0.1) is 0 Å².